The van der Waals surface area contributed by atoms with E-state index in [0.29, 0.717) is 19.6 Å². The van der Waals surface area contributed by atoms with Crippen molar-refractivity contribution in [2.24, 2.45) is 5.73 Å². The highest BCUT2D eigenvalue weighted by atomic mass is 16.5. The maximum absolute atomic E-state index is 11.9. The van der Waals surface area contributed by atoms with Crippen molar-refractivity contribution < 1.29 is 14.3 Å². The molecule has 6 heteroatoms. The average molecular weight is 277 g/mol. The molecular weight excluding hydrogens is 258 g/mol. The topological polar surface area (TPSA) is 84.7 Å². The van der Waals surface area contributed by atoms with Crippen LogP contribution in [0.15, 0.2) is 24.3 Å². The second kappa shape index (κ2) is 6.49. The molecule has 1 aromatic carbocycles. The summed E-state index contributed by atoms with van der Waals surface area (Å²) in [6, 6.07) is 7.80. The van der Waals surface area contributed by atoms with Crippen LogP contribution in [0.25, 0.3) is 0 Å². The number of nitrogens with two attached hydrogens (primary N) is 1. The van der Waals surface area contributed by atoms with Crippen molar-refractivity contribution in [1.29, 1.82) is 0 Å². The van der Waals surface area contributed by atoms with Crippen LogP contribution in [0.3, 0.4) is 0 Å². The number of hydrogen-bond donors (Lipinski definition) is 2. The lowest BCUT2D eigenvalue weighted by molar-refractivity contribution is -0.122. The number of carbonyl (C=O) groups is 2. The Kier molecular flexibility index (Phi) is 4.70. The number of rotatable bonds is 6. The molecule has 1 aromatic rings. The van der Waals surface area contributed by atoms with Crippen LogP contribution in [-0.2, 0) is 14.3 Å². The normalized spacial score (nSPS) is 17.9. The molecule has 2 amide bonds. The SMILES string of the molecule is CN1C(=O)CC(NCCOCC(N)=O)c2ccccc21. The molecule has 20 heavy (non-hydrogen) atoms. The number of anilines is 1. The van der Waals surface area contributed by atoms with E-state index in [1.807, 2.05) is 24.3 Å². The number of ether oxygens (including phenoxy) is 1. The molecule has 1 aliphatic heterocycles. The van der Waals surface area contributed by atoms with Gasteiger partial charge in [-0.2, -0.15) is 0 Å². The molecular formula is C14H19N3O3. The molecule has 0 saturated heterocycles. The number of nitrogens with one attached hydrogen (secondary N) is 1. The van der Waals surface area contributed by atoms with Gasteiger partial charge in [0.25, 0.3) is 0 Å². The fourth-order valence-electron chi connectivity index (χ4n) is 2.30. The van der Waals surface area contributed by atoms with Crippen molar-refractivity contribution >= 4 is 17.5 Å². The third-order valence-electron chi connectivity index (χ3n) is 3.31. The Labute approximate surface area is 117 Å². The van der Waals surface area contributed by atoms with Crippen LogP contribution in [-0.4, -0.2) is 38.6 Å². The van der Waals surface area contributed by atoms with Gasteiger partial charge in [0.05, 0.1) is 6.61 Å². The molecule has 0 bridgehead atoms. The van der Waals surface area contributed by atoms with Gasteiger partial charge in [-0.1, -0.05) is 18.2 Å². The number of benzene rings is 1. The monoisotopic (exact) mass is 277 g/mol. The minimum absolute atomic E-state index is 0.0212. The van der Waals surface area contributed by atoms with Gasteiger partial charge in [-0.3, -0.25) is 9.59 Å². The van der Waals surface area contributed by atoms with Gasteiger partial charge in [0.15, 0.2) is 0 Å². The number of para-hydroxylation sites is 1. The lowest BCUT2D eigenvalue weighted by atomic mass is 9.96. The lowest BCUT2D eigenvalue weighted by Gasteiger charge is -2.32. The van der Waals surface area contributed by atoms with Gasteiger partial charge in [0.1, 0.15) is 6.61 Å². The number of primary amides is 1. The molecule has 108 valence electrons. The zero-order valence-corrected chi connectivity index (χ0v) is 11.5. The zero-order chi connectivity index (χ0) is 14.5. The Balaban J connectivity index is 1.94. The quantitative estimate of drug-likeness (QED) is 0.727. The first kappa shape index (κ1) is 14.5. The second-order valence-electron chi connectivity index (χ2n) is 4.74. The fourth-order valence-corrected chi connectivity index (χ4v) is 2.30. The van der Waals surface area contributed by atoms with E-state index in [9.17, 15) is 9.59 Å². The van der Waals surface area contributed by atoms with Gasteiger partial charge in [-0.25, -0.2) is 0 Å². The molecule has 3 N–H and O–H groups in total. The number of amides is 2. The lowest BCUT2D eigenvalue weighted by Crippen LogP contribution is -2.38. The van der Waals surface area contributed by atoms with E-state index >= 15 is 0 Å². The van der Waals surface area contributed by atoms with E-state index in [-0.39, 0.29) is 18.6 Å². The maximum atomic E-state index is 11.9. The predicted octanol–water partition coefficient (Wildman–Crippen LogP) is 0.186. The van der Waals surface area contributed by atoms with E-state index in [0.717, 1.165) is 11.3 Å². The van der Waals surface area contributed by atoms with Crippen LogP contribution in [0.2, 0.25) is 0 Å². The summed E-state index contributed by atoms with van der Waals surface area (Å²) >= 11 is 0. The number of carbonyl (C=O) groups excluding carboxylic acids is 2. The highest BCUT2D eigenvalue weighted by Gasteiger charge is 2.28. The summed E-state index contributed by atoms with van der Waals surface area (Å²) in [7, 11) is 1.79. The molecule has 1 aliphatic rings. The van der Waals surface area contributed by atoms with Crippen LogP contribution >= 0.6 is 0 Å². The number of fused-ring (bicyclic) bond motifs is 1. The first-order chi connectivity index (χ1) is 9.59. The molecule has 0 saturated carbocycles. The van der Waals surface area contributed by atoms with Crippen LogP contribution in [0.5, 0.6) is 0 Å². The Morgan fingerprint density at radius 2 is 2.25 bits per heavy atom. The number of hydrogen-bond acceptors (Lipinski definition) is 4. The predicted molar refractivity (Wildman–Crippen MR) is 75.2 cm³/mol. The highest BCUT2D eigenvalue weighted by Crippen LogP contribution is 2.33. The Hall–Kier alpha value is -1.92. The van der Waals surface area contributed by atoms with Crippen molar-refractivity contribution in [3.63, 3.8) is 0 Å². The van der Waals surface area contributed by atoms with Gasteiger partial charge < -0.3 is 20.7 Å². The molecule has 6 nitrogen and oxygen atoms in total. The molecule has 0 aromatic heterocycles. The molecule has 1 atom stereocenters. The van der Waals surface area contributed by atoms with Gasteiger partial charge in [-0.05, 0) is 11.6 Å². The molecule has 0 radical (unpaired) electrons. The minimum Gasteiger partial charge on any atom is -0.370 e. The molecule has 2 rings (SSSR count). The van der Waals surface area contributed by atoms with Crippen LogP contribution in [0, 0.1) is 0 Å². The highest BCUT2D eigenvalue weighted by molar-refractivity contribution is 5.96. The van der Waals surface area contributed by atoms with Crippen LogP contribution in [0.1, 0.15) is 18.0 Å². The smallest absolute Gasteiger partial charge is 0.243 e. The van der Waals surface area contributed by atoms with Gasteiger partial charge in [0.2, 0.25) is 11.8 Å². The third-order valence-corrected chi connectivity index (χ3v) is 3.31. The van der Waals surface area contributed by atoms with Crippen molar-refractivity contribution in [2.75, 3.05) is 31.7 Å². The first-order valence-corrected chi connectivity index (χ1v) is 6.54. The summed E-state index contributed by atoms with van der Waals surface area (Å²) in [4.78, 5) is 24.2. The summed E-state index contributed by atoms with van der Waals surface area (Å²) in [5.74, 6) is -0.399. The van der Waals surface area contributed by atoms with E-state index in [1.165, 1.54) is 0 Å². The van der Waals surface area contributed by atoms with Crippen LogP contribution < -0.4 is 16.0 Å². The van der Waals surface area contributed by atoms with E-state index in [4.69, 9.17) is 10.5 Å². The molecule has 0 fully saturated rings. The Morgan fingerprint density at radius 1 is 1.50 bits per heavy atom. The summed E-state index contributed by atoms with van der Waals surface area (Å²) < 4.78 is 5.09. The molecule has 0 spiro atoms. The molecule has 0 aliphatic carbocycles. The van der Waals surface area contributed by atoms with Crippen molar-refractivity contribution in [2.45, 2.75) is 12.5 Å². The zero-order valence-electron chi connectivity index (χ0n) is 11.5. The average Bonchev–Trinajstić information content (AvgIpc) is 2.43. The Morgan fingerprint density at radius 3 is 3.00 bits per heavy atom. The van der Waals surface area contributed by atoms with E-state index < -0.39 is 5.91 Å². The number of nitrogens with zero attached hydrogens (tertiary/aromatic N) is 1. The van der Waals surface area contributed by atoms with Crippen molar-refractivity contribution in [3.05, 3.63) is 29.8 Å². The second-order valence-corrected chi connectivity index (χ2v) is 4.74. The molecule has 1 heterocycles. The van der Waals surface area contributed by atoms with E-state index in [2.05, 4.69) is 5.32 Å². The Bertz CT molecular complexity index is 504. The van der Waals surface area contributed by atoms with Gasteiger partial charge >= 0.3 is 0 Å². The summed E-state index contributed by atoms with van der Waals surface area (Å²) in [5, 5.41) is 3.28. The molecule has 1 unspecified atom stereocenters. The largest absolute Gasteiger partial charge is 0.370 e. The van der Waals surface area contributed by atoms with Gasteiger partial charge in [0, 0.05) is 31.7 Å². The minimum atomic E-state index is -0.482. The van der Waals surface area contributed by atoms with Crippen molar-refractivity contribution in [1.82, 2.24) is 5.32 Å². The van der Waals surface area contributed by atoms with E-state index in [1.54, 1.807) is 11.9 Å². The van der Waals surface area contributed by atoms with Crippen molar-refractivity contribution in [3.8, 4) is 0 Å². The standard InChI is InChI=1S/C14H19N3O3/c1-17-12-5-3-2-4-10(12)11(8-14(17)19)16-6-7-20-9-13(15)18/h2-5,11,16H,6-9H2,1H3,(H2,15,18). The third kappa shape index (κ3) is 3.34. The van der Waals surface area contributed by atoms with Crippen LogP contribution in [0.4, 0.5) is 5.69 Å². The maximum Gasteiger partial charge on any atom is 0.243 e. The first-order valence-electron chi connectivity index (χ1n) is 6.54. The summed E-state index contributed by atoms with van der Waals surface area (Å²) in [5.41, 5.74) is 7.01. The summed E-state index contributed by atoms with van der Waals surface area (Å²) in [6.07, 6.45) is 0.420. The summed E-state index contributed by atoms with van der Waals surface area (Å²) in [6.45, 7) is 0.861. The fraction of sp³-hybridized carbons (Fsp3) is 0.429. The van der Waals surface area contributed by atoms with Gasteiger partial charge in [-0.15, -0.1) is 0 Å².